The first-order chi connectivity index (χ1) is 16.5. The Kier molecular flexibility index (Phi) is 7.74. The first-order valence-electron chi connectivity index (χ1n) is 11.3. The van der Waals surface area contributed by atoms with Gasteiger partial charge in [-0.25, -0.2) is 9.59 Å². The minimum absolute atomic E-state index is 0.128. The van der Waals surface area contributed by atoms with Crippen molar-refractivity contribution in [1.82, 2.24) is 14.5 Å². The average Bonchev–Trinajstić information content (AvgIpc) is 2.86. The van der Waals surface area contributed by atoms with Gasteiger partial charge in [-0.15, -0.1) is 0 Å². The number of esters is 1. The van der Waals surface area contributed by atoms with Gasteiger partial charge in [0.1, 0.15) is 5.03 Å². The van der Waals surface area contributed by atoms with Crippen LogP contribution in [-0.2, 0) is 28.9 Å². The fourth-order valence-corrected chi connectivity index (χ4v) is 4.80. The number of hydrogen-bond acceptors (Lipinski definition) is 7. The van der Waals surface area contributed by atoms with Crippen LogP contribution in [-0.4, -0.2) is 38.8 Å². The van der Waals surface area contributed by atoms with E-state index in [4.69, 9.17) is 4.74 Å². The van der Waals surface area contributed by atoms with Crippen LogP contribution in [0, 0.1) is 0 Å². The van der Waals surface area contributed by atoms with Gasteiger partial charge in [0.05, 0.1) is 30.2 Å². The zero-order valence-corrected chi connectivity index (χ0v) is 19.8. The van der Waals surface area contributed by atoms with Gasteiger partial charge in [0.15, 0.2) is 0 Å². The van der Waals surface area contributed by atoms with E-state index in [0.29, 0.717) is 29.4 Å². The lowest BCUT2D eigenvalue weighted by atomic mass is 9.97. The highest BCUT2D eigenvalue weighted by Gasteiger charge is 2.21. The summed E-state index contributed by atoms with van der Waals surface area (Å²) in [5, 5.41) is 3.45. The van der Waals surface area contributed by atoms with Crippen LogP contribution >= 0.6 is 11.8 Å². The van der Waals surface area contributed by atoms with Gasteiger partial charge in [0, 0.05) is 23.1 Å². The van der Waals surface area contributed by atoms with Crippen molar-refractivity contribution >= 4 is 29.3 Å². The number of fused-ring (bicyclic) bond motifs is 1. The second kappa shape index (κ2) is 11.1. The minimum atomic E-state index is -0.399. The molecule has 1 aliphatic carbocycles. The smallest absolute Gasteiger partial charge is 0.349 e. The quantitative estimate of drug-likeness (QED) is 0.300. The van der Waals surface area contributed by atoms with Crippen molar-refractivity contribution in [2.45, 2.75) is 44.2 Å². The Balaban J connectivity index is 1.44. The maximum absolute atomic E-state index is 12.9. The van der Waals surface area contributed by atoms with Crippen LogP contribution in [0.3, 0.4) is 0 Å². The van der Waals surface area contributed by atoms with E-state index >= 15 is 0 Å². The summed E-state index contributed by atoms with van der Waals surface area (Å²) in [7, 11) is 0. The lowest BCUT2D eigenvalue weighted by molar-refractivity contribution is -0.113. The van der Waals surface area contributed by atoms with Crippen LogP contribution in [0.4, 0.5) is 5.69 Å². The number of rotatable bonds is 8. The summed E-state index contributed by atoms with van der Waals surface area (Å²) in [6.07, 6.45) is 5.41. The fraction of sp³-hybridized carbons (Fsp3) is 0.320. The van der Waals surface area contributed by atoms with Crippen LogP contribution in [0.15, 0.2) is 58.5 Å². The molecule has 0 fully saturated rings. The molecule has 1 aliphatic rings. The fourth-order valence-electron chi connectivity index (χ4n) is 3.92. The van der Waals surface area contributed by atoms with E-state index in [1.165, 1.54) is 11.8 Å². The number of nitrogens with zero attached hydrogens (tertiary/aromatic N) is 3. The Bertz CT molecular complexity index is 1230. The molecule has 0 spiro atoms. The molecule has 1 aromatic carbocycles. The molecule has 4 rings (SSSR count). The van der Waals surface area contributed by atoms with Crippen LogP contribution < -0.4 is 11.0 Å². The lowest BCUT2D eigenvalue weighted by Crippen LogP contribution is -2.31. The second-order valence-corrected chi connectivity index (χ2v) is 8.84. The highest BCUT2D eigenvalue weighted by atomic mass is 32.2. The highest BCUT2D eigenvalue weighted by Crippen LogP contribution is 2.28. The monoisotopic (exact) mass is 478 g/mol. The number of ether oxygens (including phenoxy) is 1. The van der Waals surface area contributed by atoms with Crippen molar-refractivity contribution in [3.63, 3.8) is 0 Å². The van der Waals surface area contributed by atoms with E-state index in [1.54, 1.807) is 42.0 Å². The minimum Gasteiger partial charge on any atom is -0.462 e. The van der Waals surface area contributed by atoms with E-state index in [0.717, 1.165) is 42.6 Å². The zero-order valence-electron chi connectivity index (χ0n) is 19.0. The van der Waals surface area contributed by atoms with Crippen molar-refractivity contribution in [1.29, 1.82) is 0 Å². The molecule has 0 radical (unpaired) electrons. The average molecular weight is 479 g/mol. The predicted octanol–water partition coefficient (Wildman–Crippen LogP) is 3.47. The molecule has 176 valence electrons. The zero-order chi connectivity index (χ0) is 23.9. The molecule has 9 heteroatoms. The molecule has 0 saturated heterocycles. The first kappa shape index (κ1) is 23.7. The summed E-state index contributed by atoms with van der Waals surface area (Å²) < 4.78 is 6.68. The first-order valence-corrected chi connectivity index (χ1v) is 12.3. The summed E-state index contributed by atoms with van der Waals surface area (Å²) in [6.45, 7) is 2.45. The van der Waals surface area contributed by atoms with Crippen molar-refractivity contribution in [2.75, 3.05) is 17.7 Å². The number of nitrogens with one attached hydrogen (secondary N) is 1. The van der Waals surface area contributed by atoms with Gasteiger partial charge in [-0.3, -0.25) is 14.3 Å². The van der Waals surface area contributed by atoms with Gasteiger partial charge < -0.3 is 10.1 Å². The van der Waals surface area contributed by atoms with Crippen LogP contribution in [0.2, 0.25) is 0 Å². The second-order valence-electron chi connectivity index (χ2n) is 7.87. The molecule has 1 N–H and O–H groups in total. The Hall–Kier alpha value is -3.46. The van der Waals surface area contributed by atoms with E-state index < -0.39 is 5.97 Å². The number of hydrogen-bond donors (Lipinski definition) is 1. The number of benzene rings is 1. The van der Waals surface area contributed by atoms with Crippen molar-refractivity contribution in [3.8, 4) is 0 Å². The molecule has 0 aliphatic heterocycles. The van der Waals surface area contributed by atoms with Gasteiger partial charge in [0.2, 0.25) is 5.91 Å². The number of amides is 1. The van der Waals surface area contributed by atoms with Crippen molar-refractivity contribution in [3.05, 3.63) is 81.7 Å². The number of carbonyl (C=O) groups excluding carboxylic acids is 2. The summed E-state index contributed by atoms with van der Waals surface area (Å²) >= 11 is 1.28. The molecular weight excluding hydrogens is 452 g/mol. The predicted molar refractivity (Wildman–Crippen MR) is 130 cm³/mol. The number of anilines is 1. The highest BCUT2D eigenvalue weighted by molar-refractivity contribution is 8.00. The topological polar surface area (TPSA) is 103 Å². The Morgan fingerprint density at radius 2 is 1.91 bits per heavy atom. The molecule has 0 saturated carbocycles. The third-order valence-electron chi connectivity index (χ3n) is 5.52. The molecule has 2 aromatic heterocycles. The Labute approximate surface area is 201 Å². The lowest BCUT2D eigenvalue weighted by Gasteiger charge is -2.22. The summed E-state index contributed by atoms with van der Waals surface area (Å²) in [5.41, 5.74) is 3.56. The molecular formula is C25H26N4O4S. The molecule has 1 amide bonds. The van der Waals surface area contributed by atoms with E-state index in [-0.39, 0.29) is 17.3 Å². The molecule has 2 heterocycles. The van der Waals surface area contributed by atoms with Crippen molar-refractivity contribution < 1.29 is 14.3 Å². The van der Waals surface area contributed by atoms with Crippen LogP contribution in [0.5, 0.6) is 0 Å². The van der Waals surface area contributed by atoms with E-state index in [2.05, 4.69) is 15.3 Å². The van der Waals surface area contributed by atoms with Crippen LogP contribution in [0.1, 0.15) is 47.1 Å². The third kappa shape index (κ3) is 5.72. The number of aromatic nitrogens is 3. The van der Waals surface area contributed by atoms with Gasteiger partial charge in [-0.1, -0.05) is 17.8 Å². The number of pyridine rings is 1. The van der Waals surface area contributed by atoms with Crippen molar-refractivity contribution in [2.24, 2.45) is 0 Å². The normalized spacial score (nSPS) is 12.6. The van der Waals surface area contributed by atoms with E-state index in [1.807, 2.05) is 18.2 Å². The van der Waals surface area contributed by atoms with Gasteiger partial charge in [-0.2, -0.15) is 4.98 Å². The number of thioether (sulfide) groups is 1. The van der Waals surface area contributed by atoms with Gasteiger partial charge in [-0.05, 0) is 69.0 Å². The van der Waals surface area contributed by atoms with Gasteiger partial charge in [0.25, 0.3) is 0 Å². The standard InChI is InChI=1S/C25H26N4O4S/c1-2-33-24(31)17-10-12-18(13-11-17)27-22(30)16-34-23-20-8-3-4-9-21(20)29(25(32)28-23)15-19-7-5-6-14-26-19/h5-7,10-14H,2-4,8-9,15-16H2,1H3,(H,27,30). The molecule has 0 unspecified atom stereocenters. The molecule has 3 aromatic rings. The summed E-state index contributed by atoms with van der Waals surface area (Å²) in [4.78, 5) is 45.8. The SMILES string of the molecule is CCOC(=O)c1ccc(NC(=O)CSc2nc(=O)n(Cc3ccccn3)c3c2CCCC3)cc1. The van der Waals surface area contributed by atoms with E-state index in [9.17, 15) is 14.4 Å². The largest absolute Gasteiger partial charge is 0.462 e. The third-order valence-corrected chi connectivity index (χ3v) is 6.53. The Morgan fingerprint density at radius 1 is 1.12 bits per heavy atom. The Morgan fingerprint density at radius 3 is 2.65 bits per heavy atom. The maximum atomic E-state index is 12.9. The molecule has 34 heavy (non-hydrogen) atoms. The molecule has 8 nitrogen and oxygen atoms in total. The van der Waals surface area contributed by atoms with Gasteiger partial charge >= 0.3 is 11.7 Å². The number of carbonyl (C=O) groups is 2. The van der Waals surface area contributed by atoms with Crippen LogP contribution in [0.25, 0.3) is 0 Å². The maximum Gasteiger partial charge on any atom is 0.349 e. The molecule has 0 bridgehead atoms. The molecule has 0 atom stereocenters. The summed E-state index contributed by atoms with van der Waals surface area (Å²) in [6, 6.07) is 12.2. The summed E-state index contributed by atoms with van der Waals surface area (Å²) in [5.74, 6) is -0.481.